The molecule has 7 heteroatoms. The predicted molar refractivity (Wildman–Crippen MR) is 66.4 cm³/mol. The van der Waals surface area contributed by atoms with Crippen LogP contribution in [0.3, 0.4) is 0 Å². The highest BCUT2D eigenvalue weighted by molar-refractivity contribution is 9.10. The van der Waals surface area contributed by atoms with Crippen LogP contribution in [0.25, 0.3) is 11.4 Å². The van der Waals surface area contributed by atoms with Gasteiger partial charge in [0.05, 0.1) is 5.02 Å². The maximum Gasteiger partial charge on any atom is 0.434 e. The molecule has 0 aliphatic carbocycles. The zero-order valence-corrected chi connectivity index (χ0v) is 11.4. The minimum absolute atomic E-state index is 0.236. The monoisotopic (exact) mass is 338 g/mol. The first-order valence-electron chi connectivity index (χ1n) is 4.85. The van der Waals surface area contributed by atoms with Crippen LogP contribution in [0.15, 0.2) is 28.9 Å². The van der Waals surface area contributed by atoms with Crippen LogP contribution in [0, 0.1) is 0 Å². The van der Waals surface area contributed by atoms with Gasteiger partial charge in [0, 0.05) is 23.3 Å². The van der Waals surface area contributed by atoms with Gasteiger partial charge in [-0.3, -0.25) is 0 Å². The lowest BCUT2D eigenvalue weighted by Gasteiger charge is -2.03. The average molecular weight is 340 g/mol. The quantitative estimate of drug-likeness (QED) is 0.747. The number of nitrogens with zero attached hydrogens (tertiary/aromatic N) is 2. The van der Waals surface area contributed by atoms with Gasteiger partial charge >= 0.3 is 6.18 Å². The summed E-state index contributed by atoms with van der Waals surface area (Å²) < 4.78 is 39.5. The van der Waals surface area contributed by atoms with E-state index in [-0.39, 0.29) is 5.82 Å². The Morgan fingerprint density at radius 2 is 2.00 bits per heavy atom. The summed E-state index contributed by atoms with van der Waals surface area (Å²) in [5.41, 5.74) is -0.352. The number of imidazole rings is 1. The molecule has 2 nitrogen and oxygen atoms in total. The molecule has 0 N–H and O–H groups in total. The van der Waals surface area contributed by atoms with Gasteiger partial charge in [-0.05, 0) is 34.1 Å². The Kier molecular flexibility index (Phi) is 3.42. The molecule has 2 rings (SSSR count). The molecule has 2 aromatic rings. The molecule has 0 spiro atoms. The van der Waals surface area contributed by atoms with E-state index in [1.165, 1.54) is 11.6 Å². The average Bonchev–Trinajstić information content (AvgIpc) is 2.64. The molecular weight excluding hydrogens is 332 g/mol. The second-order valence-electron chi connectivity index (χ2n) is 3.69. The fourth-order valence-electron chi connectivity index (χ4n) is 1.51. The van der Waals surface area contributed by atoms with E-state index in [1.807, 2.05) is 0 Å². The smallest absolute Gasteiger partial charge is 0.333 e. The highest BCUT2D eigenvalue weighted by Crippen LogP contribution is 2.32. The topological polar surface area (TPSA) is 17.8 Å². The predicted octanol–water partition coefficient (Wildman–Crippen LogP) is 4.52. The van der Waals surface area contributed by atoms with Gasteiger partial charge in [-0.25, -0.2) is 4.98 Å². The maximum atomic E-state index is 12.5. The molecule has 0 atom stereocenters. The molecule has 0 radical (unpaired) electrons. The third-order valence-electron chi connectivity index (χ3n) is 2.34. The molecule has 96 valence electrons. The third kappa shape index (κ3) is 2.54. The third-order valence-corrected chi connectivity index (χ3v) is 3.56. The SMILES string of the molecule is Cn1cc(C(F)(F)F)nc1-c1ccc(Cl)c(Br)c1. The molecule has 1 aromatic carbocycles. The van der Waals surface area contributed by atoms with Crippen LogP contribution in [0.5, 0.6) is 0 Å². The highest BCUT2D eigenvalue weighted by Gasteiger charge is 2.34. The summed E-state index contributed by atoms with van der Waals surface area (Å²) in [7, 11) is 1.51. The van der Waals surface area contributed by atoms with Crippen molar-refractivity contribution in [1.82, 2.24) is 9.55 Å². The number of aryl methyl sites for hydroxylation is 1. The van der Waals surface area contributed by atoms with Gasteiger partial charge in [0.15, 0.2) is 5.69 Å². The zero-order valence-electron chi connectivity index (χ0n) is 9.09. The molecule has 0 bridgehead atoms. The fraction of sp³-hybridized carbons (Fsp3) is 0.182. The summed E-state index contributed by atoms with van der Waals surface area (Å²) in [4.78, 5) is 3.60. The first-order chi connectivity index (χ1) is 8.29. The zero-order chi connectivity index (χ0) is 13.5. The molecule has 1 heterocycles. The first kappa shape index (κ1) is 13.4. The molecule has 0 saturated heterocycles. The van der Waals surface area contributed by atoms with Crippen molar-refractivity contribution in [3.8, 4) is 11.4 Å². The Bertz CT molecular complexity index is 592. The summed E-state index contributed by atoms with van der Waals surface area (Å²) in [5.74, 6) is 0.236. The molecule has 0 fully saturated rings. The molecule has 0 unspecified atom stereocenters. The first-order valence-corrected chi connectivity index (χ1v) is 6.02. The van der Waals surface area contributed by atoms with Crippen LogP contribution in [-0.4, -0.2) is 9.55 Å². The van der Waals surface area contributed by atoms with E-state index in [1.54, 1.807) is 18.2 Å². The van der Waals surface area contributed by atoms with E-state index in [0.717, 1.165) is 6.20 Å². The number of halogens is 5. The van der Waals surface area contributed by atoms with Gasteiger partial charge < -0.3 is 4.57 Å². The maximum absolute atomic E-state index is 12.5. The molecule has 0 aliphatic rings. The summed E-state index contributed by atoms with van der Waals surface area (Å²) in [6.45, 7) is 0. The van der Waals surface area contributed by atoms with E-state index in [4.69, 9.17) is 11.6 Å². The Labute approximate surface area is 115 Å². The summed E-state index contributed by atoms with van der Waals surface area (Å²) in [6, 6.07) is 4.85. The van der Waals surface area contributed by atoms with E-state index in [0.29, 0.717) is 15.1 Å². The number of hydrogen-bond acceptors (Lipinski definition) is 1. The van der Waals surface area contributed by atoms with Crippen LogP contribution < -0.4 is 0 Å². The van der Waals surface area contributed by atoms with Gasteiger partial charge in [0.2, 0.25) is 0 Å². The molecule has 0 amide bonds. The van der Waals surface area contributed by atoms with Crippen LogP contribution in [-0.2, 0) is 13.2 Å². The largest absolute Gasteiger partial charge is 0.434 e. The van der Waals surface area contributed by atoms with Crippen molar-refractivity contribution in [1.29, 1.82) is 0 Å². The molecule has 0 aliphatic heterocycles. The van der Waals surface area contributed by atoms with Gasteiger partial charge in [0.25, 0.3) is 0 Å². The minimum atomic E-state index is -4.44. The fourth-order valence-corrected chi connectivity index (χ4v) is 2.00. The minimum Gasteiger partial charge on any atom is -0.333 e. The van der Waals surface area contributed by atoms with E-state index in [9.17, 15) is 13.2 Å². The van der Waals surface area contributed by atoms with E-state index >= 15 is 0 Å². The number of rotatable bonds is 1. The number of aromatic nitrogens is 2. The molecule has 0 saturated carbocycles. The Morgan fingerprint density at radius 3 is 2.50 bits per heavy atom. The van der Waals surface area contributed by atoms with Crippen molar-refractivity contribution in [2.45, 2.75) is 6.18 Å². The Morgan fingerprint density at radius 1 is 1.33 bits per heavy atom. The van der Waals surface area contributed by atoms with Crippen LogP contribution in [0.4, 0.5) is 13.2 Å². The Balaban J connectivity index is 2.51. The lowest BCUT2D eigenvalue weighted by atomic mass is 10.2. The van der Waals surface area contributed by atoms with Gasteiger partial charge in [-0.15, -0.1) is 0 Å². The summed E-state index contributed by atoms with van der Waals surface area (Å²) in [6.07, 6.45) is -3.49. The van der Waals surface area contributed by atoms with Crippen LogP contribution in [0.1, 0.15) is 5.69 Å². The second kappa shape index (κ2) is 4.59. The van der Waals surface area contributed by atoms with Crippen LogP contribution >= 0.6 is 27.5 Å². The normalized spacial score (nSPS) is 11.9. The van der Waals surface area contributed by atoms with Crippen molar-refractivity contribution < 1.29 is 13.2 Å². The standard InChI is InChI=1S/C11H7BrClF3N2/c1-18-5-9(11(14,15)16)17-10(18)6-2-3-8(13)7(12)4-6/h2-5H,1H3. The lowest BCUT2D eigenvalue weighted by Crippen LogP contribution is -2.04. The molecule has 18 heavy (non-hydrogen) atoms. The Hall–Kier alpha value is -1.01. The number of alkyl halides is 3. The molecule has 1 aromatic heterocycles. The van der Waals surface area contributed by atoms with Gasteiger partial charge in [-0.2, -0.15) is 13.2 Å². The van der Waals surface area contributed by atoms with Crippen molar-refractivity contribution in [2.75, 3.05) is 0 Å². The summed E-state index contributed by atoms with van der Waals surface area (Å²) >= 11 is 9.05. The van der Waals surface area contributed by atoms with Crippen LogP contribution in [0.2, 0.25) is 5.02 Å². The van der Waals surface area contributed by atoms with Crippen molar-refractivity contribution in [2.24, 2.45) is 7.05 Å². The second-order valence-corrected chi connectivity index (χ2v) is 4.95. The van der Waals surface area contributed by atoms with E-state index in [2.05, 4.69) is 20.9 Å². The lowest BCUT2D eigenvalue weighted by molar-refractivity contribution is -0.140. The van der Waals surface area contributed by atoms with Gasteiger partial charge in [0.1, 0.15) is 5.82 Å². The van der Waals surface area contributed by atoms with E-state index < -0.39 is 11.9 Å². The van der Waals surface area contributed by atoms with Crippen molar-refractivity contribution in [3.05, 3.63) is 39.6 Å². The van der Waals surface area contributed by atoms with Crippen molar-refractivity contribution in [3.63, 3.8) is 0 Å². The van der Waals surface area contributed by atoms with Gasteiger partial charge in [-0.1, -0.05) is 11.6 Å². The highest BCUT2D eigenvalue weighted by atomic mass is 79.9. The molecular formula is C11H7BrClF3N2. The van der Waals surface area contributed by atoms with Crippen molar-refractivity contribution >= 4 is 27.5 Å². The number of benzene rings is 1. The summed E-state index contributed by atoms with van der Waals surface area (Å²) in [5, 5.41) is 0.490. The number of hydrogen-bond donors (Lipinski definition) is 0.